The molecule has 0 spiro atoms. The number of fused-ring (bicyclic) bond motifs is 1. The van der Waals surface area contributed by atoms with Gasteiger partial charge in [-0.3, -0.25) is 9.59 Å². The monoisotopic (exact) mass is 293 g/mol. The molecule has 0 saturated carbocycles. The number of amides is 1. The van der Waals surface area contributed by atoms with Crippen LogP contribution in [-0.2, 0) is 16.0 Å². The highest BCUT2D eigenvalue weighted by Gasteiger charge is 2.21. The van der Waals surface area contributed by atoms with Gasteiger partial charge in [-0.25, -0.2) is 0 Å². The van der Waals surface area contributed by atoms with E-state index in [0.29, 0.717) is 24.7 Å². The quantitative estimate of drug-likeness (QED) is 0.853. The molecule has 21 heavy (non-hydrogen) atoms. The Morgan fingerprint density at radius 2 is 1.90 bits per heavy atom. The Morgan fingerprint density at radius 3 is 2.57 bits per heavy atom. The Balaban J connectivity index is 1.95. The van der Waals surface area contributed by atoms with Gasteiger partial charge in [-0.05, 0) is 31.5 Å². The van der Waals surface area contributed by atoms with Crippen LogP contribution < -0.4 is 14.8 Å². The fraction of sp³-hybridized carbons (Fsp3) is 0.467. The van der Waals surface area contributed by atoms with Gasteiger partial charge in [0, 0.05) is 6.04 Å². The lowest BCUT2D eigenvalue weighted by atomic mass is 10.0. The van der Waals surface area contributed by atoms with E-state index in [0.717, 1.165) is 5.56 Å². The van der Waals surface area contributed by atoms with Gasteiger partial charge >= 0.3 is 5.97 Å². The van der Waals surface area contributed by atoms with E-state index in [1.54, 1.807) is 32.0 Å². The second-order valence-corrected chi connectivity index (χ2v) is 5.14. The van der Waals surface area contributed by atoms with Gasteiger partial charge in [-0.2, -0.15) is 0 Å². The average Bonchev–Trinajstić information content (AvgIpc) is 2.45. The smallest absolute Gasteiger partial charge is 0.308 e. The molecule has 2 atom stereocenters. The molecule has 0 bridgehead atoms. The summed E-state index contributed by atoms with van der Waals surface area (Å²) in [6.07, 6.45) is 0.174. The topological polar surface area (TPSA) is 84.9 Å². The van der Waals surface area contributed by atoms with Gasteiger partial charge in [0.1, 0.15) is 13.2 Å². The molecule has 1 aliphatic heterocycles. The SMILES string of the molecule is CC(NC(=O)Cc1ccc2c(c1)OCCO2)C(C)C(=O)O. The van der Waals surface area contributed by atoms with Crippen molar-refractivity contribution in [1.29, 1.82) is 0 Å². The summed E-state index contributed by atoms with van der Waals surface area (Å²) in [6.45, 7) is 4.27. The first kappa shape index (κ1) is 15.2. The first-order valence-corrected chi connectivity index (χ1v) is 6.88. The van der Waals surface area contributed by atoms with Crippen LogP contribution in [0, 0.1) is 5.92 Å². The zero-order valence-corrected chi connectivity index (χ0v) is 12.1. The lowest BCUT2D eigenvalue weighted by Gasteiger charge is -2.20. The fourth-order valence-electron chi connectivity index (χ4n) is 2.03. The van der Waals surface area contributed by atoms with Crippen LogP contribution in [0.4, 0.5) is 0 Å². The molecular formula is C15H19NO5. The highest BCUT2D eigenvalue weighted by molar-refractivity contribution is 5.80. The van der Waals surface area contributed by atoms with Crippen molar-refractivity contribution >= 4 is 11.9 Å². The number of carbonyl (C=O) groups is 2. The van der Waals surface area contributed by atoms with E-state index in [9.17, 15) is 9.59 Å². The summed E-state index contributed by atoms with van der Waals surface area (Å²) in [5.74, 6) is -0.458. The van der Waals surface area contributed by atoms with Crippen LogP contribution in [0.3, 0.4) is 0 Å². The van der Waals surface area contributed by atoms with Crippen molar-refractivity contribution in [3.05, 3.63) is 23.8 Å². The molecule has 0 fully saturated rings. The average molecular weight is 293 g/mol. The van der Waals surface area contributed by atoms with Crippen LogP contribution in [0.2, 0.25) is 0 Å². The minimum absolute atomic E-state index is 0.174. The van der Waals surface area contributed by atoms with Crippen molar-refractivity contribution in [2.24, 2.45) is 5.92 Å². The summed E-state index contributed by atoms with van der Waals surface area (Å²) in [5.41, 5.74) is 0.798. The van der Waals surface area contributed by atoms with E-state index >= 15 is 0 Å². The molecule has 2 unspecified atom stereocenters. The maximum atomic E-state index is 11.9. The third-order valence-electron chi connectivity index (χ3n) is 3.50. The van der Waals surface area contributed by atoms with E-state index in [4.69, 9.17) is 14.6 Å². The highest BCUT2D eigenvalue weighted by Crippen LogP contribution is 2.30. The molecular weight excluding hydrogens is 274 g/mol. The molecule has 1 aliphatic rings. The lowest BCUT2D eigenvalue weighted by Crippen LogP contribution is -2.40. The van der Waals surface area contributed by atoms with E-state index in [1.165, 1.54) is 0 Å². The second kappa shape index (κ2) is 6.47. The van der Waals surface area contributed by atoms with Crippen molar-refractivity contribution in [2.45, 2.75) is 26.3 Å². The number of nitrogens with one attached hydrogen (secondary N) is 1. The predicted molar refractivity (Wildman–Crippen MR) is 75.5 cm³/mol. The van der Waals surface area contributed by atoms with Crippen molar-refractivity contribution in [2.75, 3.05) is 13.2 Å². The van der Waals surface area contributed by atoms with Gasteiger partial charge in [0.05, 0.1) is 12.3 Å². The van der Waals surface area contributed by atoms with Crippen LogP contribution in [-0.4, -0.2) is 36.2 Å². The molecule has 1 aromatic carbocycles. The van der Waals surface area contributed by atoms with Crippen LogP contribution >= 0.6 is 0 Å². The van der Waals surface area contributed by atoms with Crippen LogP contribution in [0.15, 0.2) is 18.2 Å². The number of ether oxygens (including phenoxy) is 2. The summed E-state index contributed by atoms with van der Waals surface area (Å²) in [4.78, 5) is 22.8. The Labute approximate surface area is 123 Å². The molecule has 1 amide bonds. The molecule has 1 heterocycles. The van der Waals surface area contributed by atoms with Gasteiger partial charge in [0.25, 0.3) is 0 Å². The van der Waals surface area contributed by atoms with Gasteiger partial charge in [-0.1, -0.05) is 6.07 Å². The van der Waals surface area contributed by atoms with Crippen LogP contribution in [0.5, 0.6) is 11.5 Å². The van der Waals surface area contributed by atoms with Crippen LogP contribution in [0.1, 0.15) is 19.4 Å². The Hall–Kier alpha value is -2.24. The molecule has 0 radical (unpaired) electrons. The third kappa shape index (κ3) is 3.87. The minimum atomic E-state index is -0.929. The Kier molecular flexibility index (Phi) is 4.67. The van der Waals surface area contributed by atoms with Crippen molar-refractivity contribution in [3.8, 4) is 11.5 Å². The third-order valence-corrected chi connectivity index (χ3v) is 3.50. The first-order chi connectivity index (χ1) is 9.97. The Morgan fingerprint density at radius 1 is 1.24 bits per heavy atom. The maximum Gasteiger partial charge on any atom is 0.308 e. The summed E-state index contributed by atoms with van der Waals surface area (Å²) < 4.78 is 10.9. The first-order valence-electron chi connectivity index (χ1n) is 6.88. The molecule has 0 aromatic heterocycles. The van der Waals surface area contributed by atoms with Crippen molar-refractivity contribution < 1.29 is 24.2 Å². The zero-order valence-electron chi connectivity index (χ0n) is 12.1. The molecule has 0 aliphatic carbocycles. The molecule has 2 N–H and O–H groups in total. The fourth-order valence-corrected chi connectivity index (χ4v) is 2.03. The summed E-state index contributed by atoms with van der Waals surface area (Å²) >= 11 is 0. The summed E-state index contributed by atoms with van der Waals surface area (Å²) in [5, 5.41) is 11.6. The molecule has 6 heteroatoms. The molecule has 2 rings (SSSR count). The number of benzene rings is 1. The van der Waals surface area contributed by atoms with E-state index in [1.807, 2.05) is 0 Å². The molecule has 6 nitrogen and oxygen atoms in total. The number of carbonyl (C=O) groups excluding carboxylic acids is 1. The van der Waals surface area contributed by atoms with E-state index in [2.05, 4.69) is 5.32 Å². The van der Waals surface area contributed by atoms with E-state index < -0.39 is 17.9 Å². The lowest BCUT2D eigenvalue weighted by molar-refractivity contribution is -0.142. The number of aliphatic carboxylic acids is 1. The number of hydrogen-bond donors (Lipinski definition) is 2. The van der Waals surface area contributed by atoms with Gasteiger partial charge in [0.15, 0.2) is 11.5 Å². The predicted octanol–water partition coefficient (Wildman–Crippen LogP) is 1.23. The van der Waals surface area contributed by atoms with Gasteiger partial charge < -0.3 is 19.9 Å². The normalized spacial score (nSPS) is 15.9. The van der Waals surface area contributed by atoms with E-state index in [-0.39, 0.29) is 12.3 Å². The second-order valence-electron chi connectivity index (χ2n) is 5.14. The number of hydrogen-bond acceptors (Lipinski definition) is 4. The van der Waals surface area contributed by atoms with Crippen LogP contribution in [0.25, 0.3) is 0 Å². The number of carboxylic acids is 1. The largest absolute Gasteiger partial charge is 0.486 e. The van der Waals surface area contributed by atoms with Crippen molar-refractivity contribution in [1.82, 2.24) is 5.32 Å². The molecule has 0 saturated heterocycles. The maximum absolute atomic E-state index is 11.9. The molecule has 1 aromatic rings. The summed E-state index contributed by atoms with van der Waals surface area (Å²) in [7, 11) is 0. The summed E-state index contributed by atoms with van der Waals surface area (Å²) in [6, 6.07) is 4.94. The van der Waals surface area contributed by atoms with Gasteiger partial charge in [-0.15, -0.1) is 0 Å². The zero-order chi connectivity index (χ0) is 15.4. The van der Waals surface area contributed by atoms with Crippen molar-refractivity contribution in [3.63, 3.8) is 0 Å². The molecule has 114 valence electrons. The Bertz CT molecular complexity index is 543. The standard InChI is InChI=1S/C15H19NO5/c1-9(15(18)19)10(2)16-14(17)8-11-3-4-12-13(7-11)21-6-5-20-12/h3-4,7,9-10H,5-6,8H2,1-2H3,(H,16,17)(H,18,19). The highest BCUT2D eigenvalue weighted by atomic mass is 16.6. The minimum Gasteiger partial charge on any atom is -0.486 e. The number of rotatable bonds is 5. The number of carboxylic acid groups (broad SMARTS) is 1. The van der Waals surface area contributed by atoms with Gasteiger partial charge in [0.2, 0.25) is 5.91 Å².